The average Bonchev–Trinajstić information content (AvgIpc) is 3.45. The molecule has 1 heterocycles. The number of ether oxygens (including phenoxy) is 1. The second-order valence-corrected chi connectivity index (χ2v) is 8.21. The van der Waals surface area contributed by atoms with Crippen LogP contribution in [-0.4, -0.2) is 22.5 Å². The zero-order valence-electron chi connectivity index (χ0n) is 17.5. The Kier molecular flexibility index (Phi) is 5.75. The summed E-state index contributed by atoms with van der Waals surface area (Å²) in [7, 11) is 0. The van der Waals surface area contributed by atoms with E-state index in [9.17, 15) is 22.4 Å². The number of hydrogen-bond donors (Lipinski definition) is 1. The van der Waals surface area contributed by atoms with E-state index in [1.807, 2.05) is 0 Å². The average molecular weight is 447 g/mol. The minimum absolute atomic E-state index is 0.00796. The van der Waals surface area contributed by atoms with Gasteiger partial charge in [0, 0.05) is 29.9 Å². The second-order valence-electron chi connectivity index (χ2n) is 8.21. The summed E-state index contributed by atoms with van der Waals surface area (Å²) in [5.74, 6) is -3.89. The molecular weight excluding hydrogens is 426 g/mol. The van der Waals surface area contributed by atoms with Crippen molar-refractivity contribution in [1.82, 2.24) is 9.97 Å². The molecule has 1 N–H and O–H groups in total. The van der Waals surface area contributed by atoms with Gasteiger partial charge in [-0.25, -0.2) is 27.5 Å². The largest absolute Gasteiger partial charge is 0.489 e. The normalized spacial score (nSPS) is 24.4. The molecule has 0 aliphatic heterocycles. The van der Waals surface area contributed by atoms with Crippen molar-refractivity contribution in [2.45, 2.75) is 26.7 Å². The Labute approximate surface area is 182 Å². The summed E-state index contributed by atoms with van der Waals surface area (Å²) in [4.78, 5) is 21.2. The lowest BCUT2D eigenvalue weighted by Crippen LogP contribution is -2.30. The van der Waals surface area contributed by atoms with E-state index in [2.05, 4.69) is 15.3 Å². The number of allylic oxidation sites excluding steroid dienone is 4. The molecule has 4 rings (SSSR count). The van der Waals surface area contributed by atoms with E-state index in [-0.39, 0.29) is 25.1 Å². The topological polar surface area (TPSA) is 64.1 Å². The van der Waals surface area contributed by atoms with Crippen molar-refractivity contribution < 1.29 is 27.1 Å². The van der Waals surface area contributed by atoms with Crippen LogP contribution in [0.1, 0.15) is 24.4 Å². The molecule has 1 fully saturated rings. The standard InChI is InChI=1S/C23H21F4N3O2/c1-12-21(10-28-13(2)29-12)32-11-23(14-5-16(25)7-17(26)6-14)9-18(23)22(31)30-20-4-3-15(24)8-19(20)27/h3-5,7-8,10,14,18H,6,9,11H2,1-2H3,(H,30,31)/t14?,18-,23+/m0/s1. The van der Waals surface area contributed by atoms with Gasteiger partial charge in [0.15, 0.2) is 5.75 Å². The zero-order valence-corrected chi connectivity index (χ0v) is 17.5. The zero-order chi connectivity index (χ0) is 23.0. The van der Waals surface area contributed by atoms with E-state index in [0.717, 1.165) is 18.2 Å². The minimum Gasteiger partial charge on any atom is -0.489 e. The molecule has 1 aromatic heterocycles. The van der Waals surface area contributed by atoms with E-state index in [4.69, 9.17) is 4.74 Å². The van der Waals surface area contributed by atoms with Gasteiger partial charge in [0.05, 0.1) is 24.2 Å². The number of amides is 1. The quantitative estimate of drug-likeness (QED) is 0.625. The van der Waals surface area contributed by atoms with Gasteiger partial charge < -0.3 is 10.1 Å². The Bertz CT molecular complexity index is 1130. The van der Waals surface area contributed by atoms with Gasteiger partial charge in [0.2, 0.25) is 5.91 Å². The fourth-order valence-electron chi connectivity index (χ4n) is 4.17. The van der Waals surface area contributed by atoms with Crippen LogP contribution in [0.3, 0.4) is 0 Å². The number of rotatable bonds is 6. The van der Waals surface area contributed by atoms with Crippen molar-refractivity contribution in [3.63, 3.8) is 0 Å². The molecule has 3 atom stereocenters. The predicted octanol–water partition coefficient (Wildman–Crippen LogP) is 5.12. The summed E-state index contributed by atoms with van der Waals surface area (Å²) in [6.07, 6.45) is 3.82. The van der Waals surface area contributed by atoms with Crippen LogP contribution in [0, 0.1) is 42.7 Å². The molecular formula is C23H21F4N3O2. The molecule has 32 heavy (non-hydrogen) atoms. The Balaban J connectivity index is 1.56. The van der Waals surface area contributed by atoms with Crippen molar-refractivity contribution in [3.8, 4) is 5.75 Å². The monoisotopic (exact) mass is 447 g/mol. The number of aromatic nitrogens is 2. The van der Waals surface area contributed by atoms with Crippen LogP contribution >= 0.6 is 0 Å². The molecule has 5 nitrogen and oxygen atoms in total. The molecule has 2 aromatic rings. The maximum absolute atomic E-state index is 14.0. The highest BCUT2D eigenvalue weighted by atomic mass is 19.1. The highest BCUT2D eigenvalue weighted by Crippen LogP contribution is 2.61. The van der Waals surface area contributed by atoms with Gasteiger partial charge in [0.25, 0.3) is 0 Å². The number of hydrogen-bond acceptors (Lipinski definition) is 4. The first kappa shape index (κ1) is 22.0. The number of carbonyl (C=O) groups is 1. The van der Waals surface area contributed by atoms with Gasteiger partial charge in [-0.05, 0) is 44.4 Å². The molecule has 2 aliphatic carbocycles. The predicted molar refractivity (Wildman–Crippen MR) is 109 cm³/mol. The van der Waals surface area contributed by atoms with Crippen molar-refractivity contribution in [2.75, 3.05) is 11.9 Å². The highest BCUT2D eigenvalue weighted by molar-refractivity contribution is 5.95. The van der Waals surface area contributed by atoms with Crippen LogP contribution in [0.5, 0.6) is 5.75 Å². The van der Waals surface area contributed by atoms with Crippen LogP contribution < -0.4 is 10.1 Å². The maximum Gasteiger partial charge on any atom is 0.228 e. The molecule has 0 saturated heterocycles. The molecule has 0 bridgehead atoms. The smallest absolute Gasteiger partial charge is 0.228 e. The van der Waals surface area contributed by atoms with Crippen LogP contribution in [0.25, 0.3) is 0 Å². The fourth-order valence-corrected chi connectivity index (χ4v) is 4.17. The van der Waals surface area contributed by atoms with Gasteiger partial charge in [-0.2, -0.15) is 0 Å². The number of aryl methyl sites for hydroxylation is 2. The summed E-state index contributed by atoms with van der Waals surface area (Å²) >= 11 is 0. The van der Waals surface area contributed by atoms with Gasteiger partial charge in [0.1, 0.15) is 29.1 Å². The van der Waals surface area contributed by atoms with E-state index in [0.29, 0.717) is 23.3 Å². The molecule has 2 aliphatic rings. The first-order valence-corrected chi connectivity index (χ1v) is 10.1. The maximum atomic E-state index is 14.0. The molecule has 1 saturated carbocycles. The summed E-state index contributed by atoms with van der Waals surface area (Å²) in [6.45, 7) is 3.47. The Hall–Kier alpha value is -3.23. The van der Waals surface area contributed by atoms with E-state index < -0.39 is 46.4 Å². The van der Waals surface area contributed by atoms with Crippen molar-refractivity contribution in [3.05, 3.63) is 71.4 Å². The number of nitrogens with zero attached hydrogens (tertiary/aromatic N) is 2. The molecule has 0 radical (unpaired) electrons. The van der Waals surface area contributed by atoms with Gasteiger partial charge in [-0.1, -0.05) is 0 Å². The lowest BCUT2D eigenvalue weighted by Gasteiger charge is -2.27. The van der Waals surface area contributed by atoms with Crippen molar-refractivity contribution >= 4 is 11.6 Å². The Morgan fingerprint density at radius 2 is 2.03 bits per heavy atom. The van der Waals surface area contributed by atoms with Crippen LogP contribution in [-0.2, 0) is 4.79 Å². The van der Waals surface area contributed by atoms with Crippen LogP contribution in [0.4, 0.5) is 23.2 Å². The molecule has 1 unspecified atom stereocenters. The summed E-state index contributed by atoms with van der Waals surface area (Å²) in [5, 5.41) is 2.45. The summed E-state index contributed by atoms with van der Waals surface area (Å²) in [5.41, 5.74) is -0.475. The molecule has 1 aromatic carbocycles. The van der Waals surface area contributed by atoms with Crippen molar-refractivity contribution in [2.24, 2.45) is 17.3 Å². The van der Waals surface area contributed by atoms with Crippen molar-refractivity contribution in [1.29, 1.82) is 0 Å². The lowest BCUT2D eigenvalue weighted by molar-refractivity contribution is -0.118. The number of anilines is 1. The summed E-state index contributed by atoms with van der Waals surface area (Å²) < 4.78 is 61.0. The highest BCUT2D eigenvalue weighted by Gasteiger charge is 2.63. The Morgan fingerprint density at radius 3 is 2.72 bits per heavy atom. The summed E-state index contributed by atoms with van der Waals surface area (Å²) in [6, 6.07) is 2.82. The Morgan fingerprint density at radius 1 is 1.25 bits per heavy atom. The molecule has 168 valence electrons. The number of halogens is 4. The molecule has 0 spiro atoms. The van der Waals surface area contributed by atoms with E-state index >= 15 is 0 Å². The lowest BCUT2D eigenvalue weighted by atomic mass is 9.82. The first-order valence-electron chi connectivity index (χ1n) is 10.1. The third-order valence-electron chi connectivity index (χ3n) is 5.98. The third kappa shape index (κ3) is 4.37. The number of benzene rings is 1. The van der Waals surface area contributed by atoms with Gasteiger partial charge in [-0.15, -0.1) is 0 Å². The SMILES string of the molecule is Cc1ncc(OC[C@@]2(C3C=C(F)C=C(F)C3)C[C@H]2C(=O)Nc2ccc(F)cc2F)c(C)n1. The first-order chi connectivity index (χ1) is 15.2. The van der Waals surface area contributed by atoms with Gasteiger partial charge >= 0.3 is 0 Å². The number of carbonyl (C=O) groups excluding carboxylic acids is 1. The molecule has 1 amide bonds. The number of nitrogens with one attached hydrogen (secondary N) is 1. The second kappa shape index (κ2) is 8.37. The van der Waals surface area contributed by atoms with E-state index in [1.165, 1.54) is 12.3 Å². The third-order valence-corrected chi connectivity index (χ3v) is 5.98. The van der Waals surface area contributed by atoms with Gasteiger partial charge in [-0.3, -0.25) is 4.79 Å². The van der Waals surface area contributed by atoms with Crippen LogP contribution in [0.2, 0.25) is 0 Å². The van der Waals surface area contributed by atoms with E-state index in [1.54, 1.807) is 13.8 Å². The minimum atomic E-state index is -0.911. The fraction of sp³-hybridized carbons (Fsp3) is 0.348. The van der Waals surface area contributed by atoms with Crippen LogP contribution in [0.15, 0.2) is 48.2 Å². The molecule has 9 heteroatoms.